The monoisotopic (exact) mass is 536 g/mol. The van der Waals surface area contributed by atoms with Crippen LogP contribution in [0.15, 0.2) is 53.3 Å². The molecule has 4 rings (SSSR count). The molecule has 0 radical (unpaired) electrons. The van der Waals surface area contributed by atoms with Crippen molar-refractivity contribution in [3.05, 3.63) is 70.0 Å². The molecule has 2 heterocycles. The average molecular weight is 537 g/mol. The Kier molecular flexibility index (Phi) is 10.1. The number of esters is 1. The maximum absolute atomic E-state index is 13.8. The Labute approximate surface area is 230 Å². The van der Waals surface area contributed by atoms with Crippen molar-refractivity contribution in [2.75, 3.05) is 65.4 Å². The first-order valence-corrected chi connectivity index (χ1v) is 13.0. The number of para-hydroxylation sites is 1. The van der Waals surface area contributed by atoms with Crippen LogP contribution in [0.3, 0.4) is 0 Å². The number of pyridine rings is 1. The summed E-state index contributed by atoms with van der Waals surface area (Å²) < 4.78 is 12.2. The summed E-state index contributed by atoms with van der Waals surface area (Å²) >= 11 is 0. The van der Waals surface area contributed by atoms with Crippen LogP contribution in [0.5, 0.6) is 5.75 Å². The molecule has 0 aliphatic carbocycles. The highest BCUT2D eigenvalue weighted by Crippen LogP contribution is 2.31. The van der Waals surface area contributed by atoms with Crippen LogP contribution in [0.4, 0.5) is 5.69 Å². The Balaban J connectivity index is 0.00000420. The molecule has 0 spiro atoms. The summed E-state index contributed by atoms with van der Waals surface area (Å²) in [5.41, 5.74) is 1.69. The van der Waals surface area contributed by atoms with Gasteiger partial charge in [-0.3, -0.25) is 9.59 Å². The fraction of sp³-hybridized carbons (Fsp3) is 0.433. The van der Waals surface area contributed by atoms with Crippen molar-refractivity contribution < 1.29 is 19.1 Å². The molecule has 1 aliphatic heterocycles. The highest BCUT2D eigenvalue weighted by Gasteiger charge is 2.30. The lowest BCUT2D eigenvalue weighted by atomic mass is 10.1. The van der Waals surface area contributed by atoms with Gasteiger partial charge in [-0.05, 0) is 64.3 Å². The average Bonchev–Trinajstić information content (AvgIpc) is 2.93. The van der Waals surface area contributed by atoms with Crippen LogP contribution in [0, 0.1) is 0 Å². The number of fused-ring (bicyclic) bond motifs is 1. The van der Waals surface area contributed by atoms with E-state index in [4.69, 9.17) is 9.47 Å². The molecule has 0 unspecified atom stereocenters. The summed E-state index contributed by atoms with van der Waals surface area (Å²) in [5.74, 6) is 0.0247. The van der Waals surface area contributed by atoms with Crippen LogP contribution in [-0.4, -0.2) is 86.8 Å². The topological polar surface area (TPSA) is 84.3 Å². The van der Waals surface area contributed by atoms with Crippen LogP contribution >= 0.6 is 0 Å². The third kappa shape index (κ3) is 6.42. The zero-order valence-corrected chi connectivity index (χ0v) is 22.6. The Morgan fingerprint density at radius 3 is 2.26 bits per heavy atom. The van der Waals surface area contributed by atoms with Gasteiger partial charge in [-0.2, -0.15) is 0 Å². The first kappa shape index (κ1) is 29.7. The van der Waals surface area contributed by atoms with Crippen molar-refractivity contribution in [2.24, 2.45) is 0 Å². The van der Waals surface area contributed by atoms with Gasteiger partial charge in [-0.15, -0.1) is 0 Å². The highest BCUT2D eigenvalue weighted by atomic mass is 16.5. The number of amides is 1. The maximum Gasteiger partial charge on any atom is 0.345 e. The van der Waals surface area contributed by atoms with Gasteiger partial charge in [-0.1, -0.05) is 25.6 Å². The normalized spacial score (nSPS) is 13.4. The molecule has 1 saturated heterocycles. The zero-order chi connectivity index (χ0) is 27.2. The lowest BCUT2D eigenvalue weighted by Crippen LogP contribution is -2.49. The number of carbonyl (C=O) groups excluding carboxylic acids is 2. The molecule has 0 atom stereocenters. The van der Waals surface area contributed by atoms with Gasteiger partial charge in [0.2, 0.25) is 0 Å². The lowest BCUT2D eigenvalue weighted by Gasteiger charge is -2.37. The Morgan fingerprint density at radius 2 is 1.64 bits per heavy atom. The quantitative estimate of drug-likeness (QED) is 0.385. The summed E-state index contributed by atoms with van der Waals surface area (Å²) in [7, 11) is 5.58. The summed E-state index contributed by atoms with van der Waals surface area (Å²) in [5, 5.41) is 0.829. The largest absolute Gasteiger partial charge is 0.497 e. The fourth-order valence-corrected chi connectivity index (χ4v) is 4.92. The van der Waals surface area contributed by atoms with E-state index in [0.717, 1.165) is 23.9 Å². The van der Waals surface area contributed by atoms with E-state index in [1.165, 1.54) is 0 Å². The predicted octanol–water partition coefficient (Wildman–Crippen LogP) is 3.74. The van der Waals surface area contributed by atoms with E-state index in [0.29, 0.717) is 49.7 Å². The number of benzene rings is 2. The third-order valence-electron chi connectivity index (χ3n) is 6.83. The Hall–Kier alpha value is -3.85. The summed E-state index contributed by atoms with van der Waals surface area (Å²) in [4.78, 5) is 46.0. The number of hydrogen-bond donors (Lipinski definition) is 0. The Bertz CT molecular complexity index is 1340. The van der Waals surface area contributed by atoms with Gasteiger partial charge < -0.3 is 28.7 Å². The minimum atomic E-state index is -0.614. The van der Waals surface area contributed by atoms with Crippen LogP contribution in [0.2, 0.25) is 0 Å². The molecule has 0 N–H and O–H groups in total. The number of aryl methyl sites for hydroxylation is 1. The summed E-state index contributed by atoms with van der Waals surface area (Å²) in [6, 6.07) is 14.8. The fourth-order valence-electron chi connectivity index (χ4n) is 4.92. The van der Waals surface area contributed by atoms with Crippen LogP contribution in [-0.2, 0) is 11.3 Å². The molecule has 1 amide bonds. The summed E-state index contributed by atoms with van der Waals surface area (Å²) in [6.07, 6.45) is 0.769. The molecular weight excluding hydrogens is 496 g/mol. The van der Waals surface area contributed by atoms with Crippen molar-refractivity contribution >= 4 is 28.5 Å². The number of rotatable bonds is 9. The highest BCUT2D eigenvalue weighted by molar-refractivity contribution is 6.05. The molecule has 1 aliphatic rings. The molecule has 0 saturated carbocycles. The van der Waals surface area contributed by atoms with E-state index in [2.05, 4.69) is 4.90 Å². The lowest BCUT2D eigenvalue weighted by molar-refractivity contribution is 0.0523. The standard InChI is InChI=1S/C29H36N4O5.CH4/c1-5-38-29(36)25-26(23-9-6-7-10-24(23)33(28(25)35)16-8-15-30(2)3)31-17-19-32(20-18-31)27(34)21-11-13-22(37-4)14-12-21;/h6-7,9-14H,5,8,15-20H2,1-4H3;1H4. The van der Waals surface area contributed by atoms with Crippen molar-refractivity contribution in [1.29, 1.82) is 0 Å². The van der Waals surface area contributed by atoms with Crippen LogP contribution in [0.25, 0.3) is 10.9 Å². The van der Waals surface area contributed by atoms with Gasteiger partial charge in [0.25, 0.3) is 11.5 Å². The van der Waals surface area contributed by atoms with E-state index >= 15 is 0 Å². The molecule has 210 valence electrons. The first-order chi connectivity index (χ1) is 18.3. The second-order valence-corrected chi connectivity index (χ2v) is 9.58. The number of piperazine rings is 1. The second-order valence-electron chi connectivity index (χ2n) is 9.58. The van der Waals surface area contributed by atoms with Gasteiger partial charge in [0.15, 0.2) is 0 Å². The van der Waals surface area contributed by atoms with Gasteiger partial charge in [-0.25, -0.2) is 4.79 Å². The van der Waals surface area contributed by atoms with Crippen molar-refractivity contribution in [3.8, 4) is 5.75 Å². The number of aromatic nitrogens is 1. The molecule has 9 heteroatoms. The van der Waals surface area contributed by atoms with Gasteiger partial charge in [0.1, 0.15) is 11.3 Å². The van der Waals surface area contributed by atoms with Gasteiger partial charge >= 0.3 is 5.97 Å². The second kappa shape index (κ2) is 13.3. The van der Waals surface area contributed by atoms with E-state index in [1.807, 2.05) is 43.3 Å². The predicted molar refractivity (Wildman–Crippen MR) is 155 cm³/mol. The maximum atomic E-state index is 13.8. The van der Waals surface area contributed by atoms with Crippen molar-refractivity contribution in [3.63, 3.8) is 0 Å². The molecule has 9 nitrogen and oxygen atoms in total. The number of nitrogens with zero attached hydrogens (tertiary/aromatic N) is 4. The number of ether oxygens (including phenoxy) is 2. The molecule has 1 fully saturated rings. The van der Waals surface area contributed by atoms with Crippen molar-refractivity contribution in [2.45, 2.75) is 27.3 Å². The minimum Gasteiger partial charge on any atom is -0.497 e. The third-order valence-corrected chi connectivity index (χ3v) is 6.83. The minimum absolute atomic E-state index is 0. The molecule has 2 aromatic carbocycles. The molecule has 3 aromatic rings. The molecule has 0 bridgehead atoms. The number of anilines is 1. The van der Waals surface area contributed by atoms with E-state index in [-0.39, 0.29) is 31.1 Å². The van der Waals surface area contributed by atoms with Crippen LogP contribution < -0.4 is 15.2 Å². The first-order valence-electron chi connectivity index (χ1n) is 13.0. The SMILES string of the molecule is C.CCOC(=O)c1c(N2CCN(C(=O)c3ccc(OC)cc3)CC2)c2ccccc2n(CCCN(C)C)c1=O. The molecule has 39 heavy (non-hydrogen) atoms. The number of methoxy groups -OCH3 is 1. The van der Waals surface area contributed by atoms with E-state index in [1.54, 1.807) is 47.8 Å². The van der Waals surface area contributed by atoms with Crippen LogP contribution in [0.1, 0.15) is 41.5 Å². The van der Waals surface area contributed by atoms with Crippen molar-refractivity contribution in [1.82, 2.24) is 14.4 Å². The summed E-state index contributed by atoms with van der Waals surface area (Å²) in [6.45, 7) is 5.13. The Morgan fingerprint density at radius 1 is 0.974 bits per heavy atom. The smallest absolute Gasteiger partial charge is 0.345 e. The zero-order valence-electron chi connectivity index (χ0n) is 22.6. The van der Waals surface area contributed by atoms with Gasteiger partial charge in [0, 0.05) is 43.7 Å². The molecule has 1 aromatic heterocycles. The van der Waals surface area contributed by atoms with E-state index in [9.17, 15) is 14.4 Å². The van der Waals surface area contributed by atoms with E-state index < -0.39 is 5.97 Å². The number of carbonyl (C=O) groups is 2. The number of hydrogen-bond acceptors (Lipinski definition) is 7. The van der Waals surface area contributed by atoms with Gasteiger partial charge in [0.05, 0.1) is 24.9 Å². The molecular formula is C30H40N4O5.